The summed E-state index contributed by atoms with van der Waals surface area (Å²) in [4.78, 5) is 12.6. The number of nitrogens with one attached hydrogen (secondary N) is 2. The van der Waals surface area contributed by atoms with Crippen LogP contribution >= 0.6 is 12.4 Å². The lowest BCUT2D eigenvalue weighted by atomic mass is 9.92. The molecule has 1 saturated heterocycles. The number of para-hydroxylation sites is 1. The number of nitrogens with zero attached hydrogens (tertiary/aromatic N) is 2. The number of carbonyl (C=O) groups is 1. The van der Waals surface area contributed by atoms with Crippen molar-refractivity contribution in [3.63, 3.8) is 0 Å². The van der Waals surface area contributed by atoms with Crippen molar-refractivity contribution >= 4 is 18.3 Å². The molecule has 2 fully saturated rings. The van der Waals surface area contributed by atoms with Crippen LogP contribution < -0.4 is 10.6 Å². The summed E-state index contributed by atoms with van der Waals surface area (Å²) in [7, 11) is 0. The number of benzene rings is 1. The minimum atomic E-state index is 0. The lowest BCUT2D eigenvalue weighted by molar-refractivity contribution is -0.123. The second kappa shape index (κ2) is 7.41. The molecule has 1 atom stereocenters. The Kier molecular flexibility index (Phi) is 5.39. The molecule has 1 saturated carbocycles. The molecule has 1 aliphatic heterocycles. The Labute approximate surface area is 161 Å². The van der Waals surface area contributed by atoms with Crippen LogP contribution in [0.5, 0.6) is 0 Å². The molecule has 2 N–H and O–H groups in total. The Balaban J connectivity index is 0.00000196. The van der Waals surface area contributed by atoms with E-state index in [1.54, 1.807) is 0 Å². The van der Waals surface area contributed by atoms with Gasteiger partial charge in [-0.25, -0.2) is 4.68 Å². The molecule has 2 aliphatic rings. The second-order valence-electron chi connectivity index (χ2n) is 7.55. The highest BCUT2D eigenvalue weighted by molar-refractivity contribution is 5.85. The predicted octanol–water partition coefficient (Wildman–Crippen LogP) is 2.92. The number of rotatable bonds is 4. The van der Waals surface area contributed by atoms with E-state index in [1.807, 2.05) is 23.7 Å². The van der Waals surface area contributed by atoms with Crippen LogP contribution in [0.25, 0.3) is 5.69 Å². The Hall–Kier alpha value is -1.85. The van der Waals surface area contributed by atoms with Crippen LogP contribution in [0, 0.1) is 25.2 Å². The second-order valence-corrected chi connectivity index (χ2v) is 7.55. The molecule has 1 aliphatic carbocycles. The van der Waals surface area contributed by atoms with E-state index in [9.17, 15) is 4.79 Å². The van der Waals surface area contributed by atoms with Crippen LogP contribution in [-0.4, -0.2) is 28.8 Å². The van der Waals surface area contributed by atoms with E-state index < -0.39 is 0 Å². The first-order chi connectivity index (χ1) is 12.1. The lowest BCUT2D eigenvalue weighted by Gasteiger charge is -2.23. The Morgan fingerprint density at radius 2 is 2.04 bits per heavy atom. The van der Waals surface area contributed by atoms with Crippen molar-refractivity contribution in [2.75, 3.05) is 13.1 Å². The molecule has 1 unspecified atom stereocenters. The van der Waals surface area contributed by atoms with Gasteiger partial charge in [-0.15, -0.1) is 12.4 Å². The van der Waals surface area contributed by atoms with Gasteiger partial charge in [0.1, 0.15) is 0 Å². The van der Waals surface area contributed by atoms with Crippen molar-refractivity contribution in [1.82, 2.24) is 20.4 Å². The van der Waals surface area contributed by atoms with Gasteiger partial charge in [-0.1, -0.05) is 18.2 Å². The molecule has 2 aromatic rings. The normalized spacial score (nSPS) is 20.5. The van der Waals surface area contributed by atoms with Crippen molar-refractivity contribution < 1.29 is 4.79 Å². The van der Waals surface area contributed by atoms with Crippen molar-refractivity contribution in [2.24, 2.45) is 11.3 Å². The summed E-state index contributed by atoms with van der Waals surface area (Å²) in [5.74, 6) is 0.417. The van der Waals surface area contributed by atoms with E-state index in [1.165, 1.54) is 0 Å². The predicted molar refractivity (Wildman–Crippen MR) is 105 cm³/mol. The standard InChI is InChI=1S/C20H26N4O.ClH/c1-14-11-15(2)24(23-14)18-6-4-3-5-16(18)13-22-19(25)17-12-20(17)7-9-21-10-8-20;/h3-6,11,17,21H,7-10,12-13H2,1-2H3,(H,22,25);1H. The average molecular weight is 375 g/mol. The van der Waals surface area contributed by atoms with Crippen LogP contribution in [-0.2, 0) is 11.3 Å². The summed E-state index contributed by atoms with van der Waals surface area (Å²) in [6.45, 7) is 6.70. The van der Waals surface area contributed by atoms with E-state index >= 15 is 0 Å². The quantitative estimate of drug-likeness (QED) is 0.865. The summed E-state index contributed by atoms with van der Waals surface area (Å²) < 4.78 is 1.96. The molecule has 6 heteroatoms. The number of hydrogen-bond acceptors (Lipinski definition) is 3. The third-order valence-electron chi connectivity index (χ3n) is 5.79. The molecule has 0 bridgehead atoms. The van der Waals surface area contributed by atoms with E-state index in [4.69, 9.17) is 0 Å². The van der Waals surface area contributed by atoms with Crippen molar-refractivity contribution in [1.29, 1.82) is 0 Å². The smallest absolute Gasteiger partial charge is 0.223 e. The minimum absolute atomic E-state index is 0. The summed E-state index contributed by atoms with van der Waals surface area (Å²) in [6, 6.07) is 10.2. The highest BCUT2D eigenvalue weighted by Crippen LogP contribution is 2.58. The fourth-order valence-electron chi connectivity index (χ4n) is 4.24. The molecule has 0 radical (unpaired) electrons. The molecular formula is C20H27ClN4O. The molecule has 1 aromatic carbocycles. The highest BCUT2D eigenvalue weighted by atomic mass is 35.5. The topological polar surface area (TPSA) is 59.0 Å². The number of amides is 1. The number of carbonyl (C=O) groups excluding carboxylic acids is 1. The van der Waals surface area contributed by atoms with Gasteiger partial charge in [-0.2, -0.15) is 5.10 Å². The van der Waals surface area contributed by atoms with Crippen LogP contribution in [0.2, 0.25) is 0 Å². The third-order valence-corrected chi connectivity index (χ3v) is 5.79. The first-order valence-corrected chi connectivity index (χ1v) is 9.19. The van der Waals surface area contributed by atoms with E-state index in [0.717, 1.165) is 55.0 Å². The van der Waals surface area contributed by atoms with Crippen LogP contribution in [0.4, 0.5) is 0 Å². The van der Waals surface area contributed by atoms with E-state index in [2.05, 4.69) is 40.9 Å². The van der Waals surface area contributed by atoms with Gasteiger partial charge < -0.3 is 10.6 Å². The molecule has 4 rings (SSSR count). The summed E-state index contributed by atoms with van der Waals surface area (Å²) in [5, 5.41) is 11.1. The molecule has 5 nitrogen and oxygen atoms in total. The highest BCUT2D eigenvalue weighted by Gasteiger charge is 2.57. The maximum atomic E-state index is 12.6. The number of aryl methyl sites for hydroxylation is 2. The fourth-order valence-corrected chi connectivity index (χ4v) is 4.24. The maximum Gasteiger partial charge on any atom is 0.223 e. The average Bonchev–Trinajstić information content (AvgIpc) is 3.19. The number of hydrogen-bond donors (Lipinski definition) is 2. The van der Waals surface area contributed by atoms with Gasteiger partial charge in [0.05, 0.1) is 11.4 Å². The molecular weight excluding hydrogens is 348 g/mol. The Morgan fingerprint density at radius 3 is 2.73 bits per heavy atom. The largest absolute Gasteiger partial charge is 0.352 e. The zero-order chi connectivity index (χ0) is 17.4. The van der Waals surface area contributed by atoms with E-state index in [0.29, 0.717) is 6.54 Å². The zero-order valence-corrected chi connectivity index (χ0v) is 16.2. The van der Waals surface area contributed by atoms with Crippen LogP contribution in [0.1, 0.15) is 36.2 Å². The number of piperidine rings is 1. The number of aromatic nitrogens is 2. The lowest BCUT2D eigenvalue weighted by Crippen LogP contribution is -2.33. The maximum absolute atomic E-state index is 12.6. The van der Waals surface area contributed by atoms with Gasteiger partial charge in [-0.3, -0.25) is 4.79 Å². The molecule has 1 spiro atoms. The fraction of sp³-hybridized carbons (Fsp3) is 0.500. The zero-order valence-electron chi connectivity index (χ0n) is 15.4. The molecule has 26 heavy (non-hydrogen) atoms. The first-order valence-electron chi connectivity index (χ1n) is 9.19. The molecule has 1 amide bonds. The summed E-state index contributed by atoms with van der Waals surface area (Å²) in [6.07, 6.45) is 3.32. The van der Waals surface area contributed by atoms with Crippen molar-refractivity contribution in [2.45, 2.75) is 39.7 Å². The van der Waals surface area contributed by atoms with Crippen LogP contribution in [0.3, 0.4) is 0 Å². The Morgan fingerprint density at radius 1 is 1.31 bits per heavy atom. The van der Waals surface area contributed by atoms with Crippen molar-refractivity contribution in [3.8, 4) is 5.69 Å². The van der Waals surface area contributed by atoms with Gasteiger partial charge in [-0.05, 0) is 69.3 Å². The van der Waals surface area contributed by atoms with Gasteiger partial charge in [0.25, 0.3) is 0 Å². The first kappa shape index (κ1) is 18.9. The van der Waals surface area contributed by atoms with Gasteiger partial charge in [0.2, 0.25) is 5.91 Å². The van der Waals surface area contributed by atoms with Crippen LogP contribution in [0.15, 0.2) is 30.3 Å². The molecule has 1 aromatic heterocycles. The number of halogens is 1. The molecule has 140 valence electrons. The monoisotopic (exact) mass is 374 g/mol. The summed E-state index contributed by atoms with van der Waals surface area (Å²) in [5.41, 5.74) is 4.53. The third kappa shape index (κ3) is 3.51. The minimum Gasteiger partial charge on any atom is -0.352 e. The molecule has 2 heterocycles. The van der Waals surface area contributed by atoms with Gasteiger partial charge in [0, 0.05) is 18.2 Å². The van der Waals surface area contributed by atoms with Crippen molar-refractivity contribution in [3.05, 3.63) is 47.3 Å². The van der Waals surface area contributed by atoms with Gasteiger partial charge >= 0.3 is 0 Å². The summed E-state index contributed by atoms with van der Waals surface area (Å²) >= 11 is 0. The Bertz CT molecular complexity index is 795. The van der Waals surface area contributed by atoms with Gasteiger partial charge in [0.15, 0.2) is 0 Å². The SMILES string of the molecule is Cc1cc(C)n(-c2ccccc2CNC(=O)C2CC23CCNCC3)n1.Cl. The van der Waals surface area contributed by atoms with E-state index in [-0.39, 0.29) is 29.6 Å².